The van der Waals surface area contributed by atoms with Crippen LogP contribution in [0.3, 0.4) is 0 Å². The topological polar surface area (TPSA) is 67.6 Å². The van der Waals surface area contributed by atoms with Gasteiger partial charge in [-0.2, -0.15) is 0 Å². The molecule has 0 spiro atoms. The monoisotopic (exact) mass is 283 g/mol. The molecule has 2 unspecified atom stereocenters. The molecule has 2 rings (SSSR count). The van der Waals surface area contributed by atoms with E-state index in [4.69, 9.17) is 10.5 Å². The number of hydrogen-bond acceptors (Lipinski definition) is 4. The number of hydrogen-bond donors (Lipinski definition) is 2. The number of amides is 1. The molecule has 5 heteroatoms. The van der Waals surface area contributed by atoms with Gasteiger partial charge in [-0.1, -0.05) is 12.8 Å². The quantitative estimate of drug-likeness (QED) is 0.803. The fraction of sp³-hybridized carbons (Fsp3) is 0.933. The summed E-state index contributed by atoms with van der Waals surface area (Å²) in [4.78, 5) is 14.6. The zero-order valence-electron chi connectivity index (χ0n) is 13.0. The highest BCUT2D eigenvalue weighted by atomic mass is 16.5. The molecule has 1 heterocycles. The van der Waals surface area contributed by atoms with Gasteiger partial charge in [0.05, 0.1) is 17.7 Å². The summed E-state index contributed by atoms with van der Waals surface area (Å²) in [6, 6.07) is 0.261. The van der Waals surface area contributed by atoms with E-state index < -0.39 is 0 Å². The van der Waals surface area contributed by atoms with E-state index in [-0.39, 0.29) is 23.7 Å². The molecule has 1 saturated carbocycles. The molecule has 1 amide bonds. The fourth-order valence-electron chi connectivity index (χ4n) is 3.32. The molecule has 20 heavy (non-hydrogen) atoms. The zero-order valence-corrected chi connectivity index (χ0v) is 13.0. The summed E-state index contributed by atoms with van der Waals surface area (Å²) in [5.41, 5.74) is 5.50. The van der Waals surface area contributed by atoms with Gasteiger partial charge in [-0.15, -0.1) is 0 Å². The van der Waals surface area contributed by atoms with E-state index in [1.807, 2.05) is 6.92 Å². The zero-order chi connectivity index (χ0) is 14.8. The Bertz CT molecular complexity index is 340. The van der Waals surface area contributed by atoms with Gasteiger partial charge in [0, 0.05) is 25.7 Å². The Balaban J connectivity index is 1.92. The summed E-state index contributed by atoms with van der Waals surface area (Å²) in [6.45, 7) is 8.10. The highest BCUT2D eigenvalue weighted by Crippen LogP contribution is 2.23. The Morgan fingerprint density at radius 3 is 2.70 bits per heavy atom. The van der Waals surface area contributed by atoms with E-state index in [0.717, 1.165) is 25.9 Å². The minimum Gasteiger partial charge on any atom is -0.368 e. The van der Waals surface area contributed by atoms with Crippen LogP contribution in [0.4, 0.5) is 0 Å². The van der Waals surface area contributed by atoms with Gasteiger partial charge in [0.15, 0.2) is 0 Å². The predicted molar refractivity (Wildman–Crippen MR) is 79.4 cm³/mol. The molecule has 2 aliphatic rings. The van der Waals surface area contributed by atoms with E-state index in [1.54, 1.807) is 0 Å². The van der Waals surface area contributed by atoms with Crippen molar-refractivity contribution in [2.45, 2.75) is 70.2 Å². The molecule has 2 fully saturated rings. The van der Waals surface area contributed by atoms with Crippen LogP contribution in [0.25, 0.3) is 0 Å². The highest BCUT2D eigenvalue weighted by molar-refractivity contribution is 5.81. The smallest absolute Gasteiger partial charge is 0.237 e. The third-order valence-corrected chi connectivity index (χ3v) is 4.40. The van der Waals surface area contributed by atoms with Gasteiger partial charge in [0.1, 0.15) is 0 Å². The molecule has 116 valence electrons. The second-order valence-corrected chi connectivity index (χ2v) is 6.83. The van der Waals surface area contributed by atoms with Crippen molar-refractivity contribution in [3.05, 3.63) is 0 Å². The van der Waals surface area contributed by atoms with Gasteiger partial charge in [-0.3, -0.25) is 9.69 Å². The predicted octanol–water partition coefficient (Wildman–Crippen LogP) is 0.872. The number of carbonyl (C=O) groups excluding carboxylic acids is 1. The van der Waals surface area contributed by atoms with Crippen molar-refractivity contribution in [1.29, 1.82) is 0 Å². The molecule has 1 aliphatic carbocycles. The Hall–Kier alpha value is -0.650. The third kappa shape index (κ3) is 3.93. The maximum absolute atomic E-state index is 12.4. The van der Waals surface area contributed by atoms with E-state index >= 15 is 0 Å². The maximum atomic E-state index is 12.4. The van der Waals surface area contributed by atoms with Crippen LogP contribution in [0.5, 0.6) is 0 Å². The molecule has 0 aromatic carbocycles. The van der Waals surface area contributed by atoms with Crippen molar-refractivity contribution in [3.63, 3.8) is 0 Å². The minimum absolute atomic E-state index is 0.0143. The lowest BCUT2D eigenvalue weighted by atomic mass is 10.0. The minimum atomic E-state index is -0.246. The van der Waals surface area contributed by atoms with E-state index in [9.17, 15) is 4.79 Å². The number of ether oxygens (including phenoxy) is 1. The summed E-state index contributed by atoms with van der Waals surface area (Å²) >= 11 is 0. The standard InChI is InChI=1S/C15H29N3O2/c1-11(14(19)17-12-6-4-5-7-12)18-9-13(8-16)20-15(2,3)10-18/h11-13H,4-10,16H2,1-3H3,(H,17,19). The second kappa shape index (κ2) is 6.41. The van der Waals surface area contributed by atoms with Crippen LogP contribution in [0.1, 0.15) is 46.5 Å². The van der Waals surface area contributed by atoms with Gasteiger partial charge in [0.2, 0.25) is 5.91 Å². The average Bonchev–Trinajstić information content (AvgIpc) is 2.88. The number of carbonyl (C=O) groups is 1. The molecule has 0 bridgehead atoms. The van der Waals surface area contributed by atoms with Crippen molar-refractivity contribution >= 4 is 5.91 Å². The fourth-order valence-corrected chi connectivity index (χ4v) is 3.32. The van der Waals surface area contributed by atoms with Gasteiger partial charge in [-0.05, 0) is 33.6 Å². The molecule has 0 aromatic heterocycles. The molecule has 1 saturated heterocycles. The summed E-state index contributed by atoms with van der Waals surface area (Å²) in [5, 5.41) is 3.18. The largest absolute Gasteiger partial charge is 0.368 e. The van der Waals surface area contributed by atoms with Crippen molar-refractivity contribution in [2.24, 2.45) is 5.73 Å². The maximum Gasteiger partial charge on any atom is 0.237 e. The molecule has 0 aromatic rings. The molecule has 3 N–H and O–H groups in total. The van der Waals surface area contributed by atoms with Crippen molar-refractivity contribution in [2.75, 3.05) is 19.6 Å². The van der Waals surface area contributed by atoms with Gasteiger partial charge < -0.3 is 15.8 Å². The molecule has 1 aliphatic heterocycles. The van der Waals surface area contributed by atoms with Crippen molar-refractivity contribution in [3.8, 4) is 0 Å². The van der Waals surface area contributed by atoms with Gasteiger partial charge in [0.25, 0.3) is 0 Å². The number of nitrogens with two attached hydrogens (primary N) is 1. The Kier molecular flexibility index (Phi) is 5.04. The van der Waals surface area contributed by atoms with Crippen LogP contribution in [0.2, 0.25) is 0 Å². The third-order valence-electron chi connectivity index (χ3n) is 4.40. The van der Waals surface area contributed by atoms with Crippen molar-refractivity contribution < 1.29 is 9.53 Å². The van der Waals surface area contributed by atoms with E-state index in [0.29, 0.717) is 12.6 Å². The highest BCUT2D eigenvalue weighted by Gasteiger charge is 2.37. The molecule has 5 nitrogen and oxygen atoms in total. The number of rotatable bonds is 4. The first-order valence-corrected chi connectivity index (χ1v) is 7.83. The summed E-state index contributed by atoms with van der Waals surface area (Å²) < 4.78 is 5.92. The Morgan fingerprint density at radius 1 is 1.45 bits per heavy atom. The summed E-state index contributed by atoms with van der Waals surface area (Å²) in [7, 11) is 0. The average molecular weight is 283 g/mol. The number of morpholine rings is 1. The first-order valence-electron chi connectivity index (χ1n) is 7.83. The Morgan fingerprint density at radius 2 is 2.10 bits per heavy atom. The lowest BCUT2D eigenvalue weighted by Crippen LogP contribution is -2.60. The molecular formula is C15H29N3O2. The molecule has 2 atom stereocenters. The van der Waals surface area contributed by atoms with Crippen LogP contribution in [-0.4, -0.2) is 54.2 Å². The summed E-state index contributed by atoms with van der Waals surface area (Å²) in [5.74, 6) is 0.144. The number of nitrogens with zero attached hydrogens (tertiary/aromatic N) is 1. The van der Waals surface area contributed by atoms with Gasteiger partial charge in [-0.25, -0.2) is 0 Å². The number of nitrogens with one attached hydrogen (secondary N) is 1. The Labute approximate surface area is 122 Å². The summed E-state index contributed by atoms with van der Waals surface area (Å²) in [6.07, 6.45) is 4.73. The lowest BCUT2D eigenvalue weighted by Gasteiger charge is -2.44. The van der Waals surface area contributed by atoms with E-state index in [2.05, 4.69) is 24.1 Å². The lowest BCUT2D eigenvalue weighted by molar-refractivity contribution is -0.150. The van der Waals surface area contributed by atoms with Crippen LogP contribution < -0.4 is 11.1 Å². The molecular weight excluding hydrogens is 254 g/mol. The van der Waals surface area contributed by atoms with Crippen LogP contribution in [0, 0.1) is 0 Å². The van der Waals surface area contributed by atoms with Crippen LogP contribution >= 0.6 is 0 Å². The molecule has 0 radical (unpaired) electrons. The van der Waals surface area contributed by atoms with Crippen LogP contribution in [-0.2, 0) is 9.53 Å². The second-order valence-electron chi connectivity index (χ2n) is 6.83. The van der Waals surface area contributed by atoms with Gasteiger partial charge >= 0.3 is 0 Å². The van der Waals surface area contributed by atoms with Crippen molar-refractivity contribution in [1.82, 2.24) is 10.2 Å². The first-order chi connectivity index (χ1) is 9.41. The SMILES string of the molecule is CC(C(=O)NC1CCCC1)N1CC(CN)OC(C)(C)C1. The van der Waals surface area contributed by atoms with Crippen LogP contribution in [0.15, 0.2) is 0 Å². The van der Waals surface area contributed by atoms with E-state index in [1.165, 1.54) is 12.8 Å². The normalized spacial score (nSPS) is 29.3. The first kappa shape index (κ1) is 15.7.